The Kier molecular flexibility index (Phi) is 4.59. The molecule has 7 nitrogen and oxygen atoms in total. The van der Waals surface area contributed by atoms with Gasteiger partial charge in [0, 0.05) is 19.7 Å². The van der Waals surface area contributed by atoms with Gasteiger partial charge in [0.25, 0.3) is 0 Å². The number of hydrogen-bond acceptors (Lipinski definition) is 5. The van der Waals surface area contributed by atoms with Crippen LogP contribution in [0.25, 0.3) is 0 Å². The summed E-state index contributed by atoms with van der Waals surface area (Å²) in [6, 6.07) is 0.213. The molecule has 2 rings (SSSR count). The number of aryl methyl sites for hydroxylation is 2. The maximum Gasteiger partial charge on any atom is 0.333 e. The van der Waals surface area contributed by atoms with Gasteiger partial charge in [0.2, 0.25) is 5.82 Å². The Hall–Kier alpha value is -1.63. The molecule has 1 heterocycles. The Balaban J connectivity index is 2.22. The number of ether oxygens (including phenoxy) is 1. The molecule has 1 fully saturated rings. The first-order valence-corrected chi connectivity index (χ1v) is 7.07. The van der Waals surface area contributed by atoms with E-state index in [1.807, 2.05) is 6.92 Å². The van der Waals surface area contributed by atoms with Gasteiger partial charge in [-0.05, 0) is 32.6 Å². The lowest BCUT2D eigenvalue weighted by molar-refractivity contribution is -0.384. The minimum Gasteiger partial charge on any atom is -0.381 e. The minimum absolute atomic E-state index is 0.0966. The van der Waals surface area contributed by atoms with Crippen LogP contribution in [0.1, 0.15) is 38.3 Å². The van der Waals surface area contributed by atoms with E-state index in [2.05, 4.69) is 10.4 Å². The van der Waals surface area contributed by atoms with Crippen molar-refractivity contribution < 1.29 is 9.66 Å². The molecule has 2 atom stereocenters. The molecule has 7 heteroatoms. The number of aromatic nitrogens is 2. The zero-order chi connectivity index (χ0) is 14.7. The van der Waals surface area contributed by atoms with Crippen molar-refractivity contribution in [3.8, 4) is 0 Å². The van der Waals surface area contributed by atoms with Gasteiger partial charge in [-0.15, -0.1) is 0 Å². The van der Waals surface area contributed by atoms with Gasteiger partial charge in [-0.2, -0.15) is 5.10 Å². The van der Waals surface area contributed by atoms with Crippen molar-refractivity contribution in [2.45, 2.75) is 58.2 Å². The summed E-state index contributed by atoms with van der Waals surface area (Å²) in [6.07, 6.45) is 3.96. The lowest BCUT2D eigenvalue weighted by Crippen LogP contribution is -2.20. The van der Waals surface area contributed by atoms with Crippen molar-refractivity contribution in [1.82, 2.24) is 9.78 Å². The smallest absolute Gasteiger partial charge is 0.333 e. The van der Waals surface area contributed by atoms with Crippen LogP contribution < -0.4 is 5.32 Å². The zero-order valence-electron chi connectivity index (χ0n) is 12.3. The number of methoxy groups -OCH3 is 1. The van der Waals surface area contributed by atoms with E-state index in [0.717, 1.165) is 25.7 Å². The van der Waals surface area contributed by atoms with E-state index in [4.69, 9.17) is 4.74 Å². The fraction of sp³-hybridized carbons (Fsp3) is 0.769. The molecule has 0 bridgehead atoms. The highest BCUT2D eigenvalue weighted by molar-refractivity contribution is 5.60. The second-order valence-corrected chi connectivity index (χ2v) is 5.27. The molecule has 0 amide bonds. The van der Waals surface area contributed by atoms with Crippen LogP contribution >= 0.6 is 0 Å². The first-order chi connectivity index (χ1) is 9.56. The van der Waals surface area contributed by atoms with E-state index >= 15 is 0 Å². The van der Waals surface area contributed by atoms with Crippen molar-refractivity contribution in [3.63, 3.8) is 0 Å². The van der Waals surface area contributed by atoms with Crippen LogP contribution in [0.5, 0.6) is 0 Å². The van der Waals surface area contributed by atoms with Gasteiger partial charge in [-0.3, -0.25) is 10.1 Å². The molecule has 0 aromatic carbocycles. The van der Waals surface area contributed by atoms with E-state index in [1.54, 1.807) is 18.7 Å². The number of rotatable bonds is 6. The van der Waals surface area contributed by atoms with Crippen molar-refractivity contribution in [1.29, 1.82) is 0 Å². The number of nitro groups is 1. The molecule has 1 aromatic rings. The molecule has 1 N–H and O–H groups in total. The maximum absolute atomic E-state index is 11.2. The van der Waals surface area contributed by atoms with Gasteiger partial charge >= 0.3 is 5.69 Å². The van der Waals surface area contributed by atoms with Crippen LogP contribution in [0.3, 0.4) is 0 Å². The number of nitrogens with zero attached hydrogens (tertiary/aromatic N) is 3. The summed E-state index contributed by atoms with van der Waals surface area (Å²) in [4.78, 5) is 10.9. The summed E-state index contributed by atoms with van der Waals surface area (Å²) in [5, 5.41) is 18.8. The highest BCUT2D eigenvalue weighted by atomic mass is 16.6. The van der Waals surface area contributed by atoms with Crippen molar-refractivity contribution >= 4 is 11.5 Å². The Morgan fingerprint density at radius 1 is 1.55 bits per heavy atom. The molecule has 0 spiro atoms. The molecule has 2 unspecified atom stereocenters. The molecule has 1 aliphatic carbocycles. The lowest BCUT2D eigenvalue weighted by Gasteiger charge is -2.15. The largest absolute Gasteiger partial charge is 0.381 e. The van der Waals surface area contributed by atoms with Crippen LogP contribution in [-0.4, -0.2) is 34.0 Å². The Bertz CT molecular complexity index is 486. The van der Waals surface area contributed by atoms with Gasteiger partial charge in [-0.25, -0.2) is 4.68 Å². The predicted octanol–water partition coefficient (Wildman–Crippen LogP) is 2.49. The van der Waals surface area contributed by atoms with Crippen LogP contribution in [0.2, 0.25) is 0 Å². The zero-order valence-corrected chi connectivity index (χ0v) is 12.3. The van der Waals surface area contributed by atoms with Crippen LogP contribution in [0, 0.1) is 17.0 Å². The van der Waals surface area contributed by atoms with Gasteiger partial charge in [0.1, 0.15) is 5.69 Å². The van der Waals surface area contributed by atoms with Gasteiger partial charge < -0.3 is 10.1 Å². The Morgan fingerprint density at radius 2 is 2.30 bits per heavy atom. The molecule has 0 saturated heterocycles. The van der Waals surface area contributed by atoms with Crippen LogP contribution in [0.4, 0.5) is 11.5 Å². The molecule has 1 aromatic heterocycles. The average molecular weight is 282 g/mol. The Morgan fingerprint density at radius 3 is 2.85 bits per heavy atom. The quantitative estimate of drug-likeness (QED) is 0.640. The van der Waals surface area contributed by atoms with E-state index < -0.39 is 0 Å². The van der Waals surface area contributed by atoms with Crippen LogP contribution in [0.15, 0.2) is 0 Å². The Labute approximate surface area is 118 Å². The molecule has 112 valence electrons. The second kappa shape index (κ2) is 6.21. The molecule has 20 heavy (non-hydrogen) atoms. The highest BCUT2D eigenvalue weighted by Crippen LogP contribution is 2.32. The third kappa shape index (κ3) is 2.92. The number of hydrogen-bond donors (Lipinski definition) is 1. The average Bonchev–Trinajstić information content (AvgIpc) is 2.96. The van der Waals surface area contributed by atoms with E-state index in [0.29, 0.717) is 18.1 Å². The molecular weight excluding hydrogens is 260 g/mol. The first-order valence-electron chi connectivity index (χ1n) is 7.07. The fourth-order valence-corrected chi connectivity index (χ4v) is 2.79. The van der Waals surface area contributed by atoms with Gasteiger partial charge in [0.15, 0.2) is 0 Å². The maximum atomic E-state index is 11.2. The summed E-state index contributed by atoms with van der Waals surface area (Å²) in [5.74, 6) is 0.538. The van der Waals surface area contributed by atoms with Crippen LogP contribution in [-0.2, 0) is 11.3 Å². The topological polar surface area (TPSA) is 82.2 Å². The second-order valence-electron chi connectivity index (χ2n) is 5.27. The normalized spacial score (nSPS) is 22.1. The van der Waals surface area contributed by atoms with Crippen molar-refractivity contribution in [2.24, 2.45) is 0 Å². The van der Waals surface area contributed by atoms with Crippen molar-refractivity contribution in [2.75, 3.05) is 12.4 Å². The number of anilines is 1. The standard InChI is InChI=1S/C13H22N4O3/c1-4-7-16-13(12(17(18)19)9(2)15-16)14-10-5-6-11(8-10)20-3/h10-11,14H,4-8H2,1-3H3. The molecule has 1 aliphatic rings. The molecule has 1 saturated carbocycles. The molecule has 0 aliphatic heterocycles. The third-order valence-electron chi connectivity index (χ3n) is 3.77. The SMILES string of the molecule is CCCn1nc(C)c([N+](=O)[O-])c1NC1CCC(OC)C1. The summed E-state index contributed by atoms with van der Waals surface area (Å²) < 4.78 is 7.06. The van der Waals surface area contributed by atoms with E-state index in [-0.39, 0.29) is 22.8 Å². The summed E-state index contributed by atoms with van der Waals surface area (Å²) >= 11 is 0. The van der Waals surface area contributed by atoms with Gasteiger partial charge in [-0.1, -0.05) is 6.92 Å². The summed E-state index contributed by atoms with van der Waals surface area (Å²) in [6.45, 7) is 4.39. The highest BCUT2D eigenvalue weighted by Gasteiger charge is 2.30. The third-order valence-corrected chi connectivity index (χ3v) is 3.77. The predicted molar refractivity (Wildman–Crippen MR) is 76.0 cm³/mol. The lowest BCUT2D eigenvalue weighted by atomic mass is 10.2. The molecule has 0 radical (unpaired) electrons. The monoisotopic (exact) mass is 282 g/mol. The fourth-order valence-electron chi connectivity index (χ4n) is 2.79. The molecular formula is C13H22N4O3. The minimum atomic E-state index is -0.348. The summed E-state index contributed by atoms with van der Waals surface area (Å²) in [5.41, 5.74) is 0.562. The van der Waals surface area contributed by atoms with E-state index in [9.17, 15) is 10.1 Å². The first kappa shape index (κ1) is 14.8. The van der Waals surface area contributed by atoms with Crippen molar-refractivity contribution in [3.05, 3.63) is 15.8 Å². The van der Waals surface area contributed by atoms with E-state index in [1.165, 1.54) is 0 Å². The summed E-state index contributed by atoms with van der Waals surface area (Å²) in [7, 11) is 1.71. The number of nitrogens with one attached hydrogen (secondary N) is 1. The van der Waals surface area contributed by atoms with Gasteiger partial charge in [0.05, 0.1) is 11.0 Å².